The predicted molar refractivity (Wildman–Crippen MR) is 127 cm³/mol. The molecule has 176 valence electrons. The maximum Gasteiger partial charge on any atom is 0.262 e. The lowest BCUT2D eigenvalue weighted by Crippen LogP contribution is -2.25. The Bertz CT molecular complexity index is 1240. The summed E-state index contributed by atoms with van der Waals surface area (Å²) in [6.07, 6.45) is 6.87. The Hall–Kier alpha value is -3.07. The van der Waals surface area contributed by atoms with E-state index < -0.39 is 0 Å². The van der Waals surface area contributed by atoms with Gasteiger partial charge in [-0.25, -0.2) is 0 Å². The fraction of sp³-hybridized carbons (Fsp3) is 0.440. The second kappa shape index (κ2) is 8.61. The lowest BCUT2D eigenvalue weighted by atomic mass is 9.84. The first kappa shape index (κ1) is 21.5. The van der Waals surface area contributed by atoms with Crippen molar-refractivity contribution in [2.45, 2.75) is 43.8 Å². The molecule has 3 heterocycles. The van der Waals surface area contributed by atoms with Gasteiger partial charge in [0, 0.05) is 11.6 Å². The van der Waals surface area contributed by atoms with Crippen LogP contribution in [0.25, 0.3) is 11.6 Å². The lowest BCUT2D eigenvalue weighted by molar-refractivity contribution is -0.118. The van der Waals surface area contributed by atoms with Crippen molar-refractivity contribution in [2.75, 3.05) is 17.7 Å². The van der Waals surface area contributed by atoms with E-state index in [0.29, 0.717) is 34.5 Å². The fourth-order valence-corrected chi connectivity index (χ4v) is 6.78. The molecule has 0 unspecified atom stereocenters. The van der Waals surface area contributed by atoms with Crippen LogP contribution in [0.15, 0.2) is 46.2 Å². The van der Waals surface area contributed by atoms with Gasteiger partial charge in [0.15, 0.2) is 23.3 Å². The maximum atomic E-state index is 13.0. The van der Waals surface area contributed by atoms with E-state index in [0.717, 1.165) is 17.0 Å². The standard InChI is InChI=1S/C25H26N4O4S/c1-14(18-10-15-4-5-16(18)9-15)29-24(22-3-2-8-32-22)27-28-25(29)34-13-20(30)17-6-7-21-19(11-17)26-23(31)12-33-21/h2-3,6-8,11,14-16,18H,4-5,9-10,12-13H2,1H3,(H,26,31)/t14-,15+,16+,18+/m1/s1. The molecule has 1 aromatic carbocycles. The van der Waals surface area contributed by atoms with Crippen LogP contribution in [0.2, 0.25) is 0 Å². The van der Waals surface area contributed by atoms with Crippen LogP contribution >= 0.6 is 11.8 Å². The second-order valence-electron chi connectivity index (χ2n) is 9.49. The molecule has 8 nitrogen and oxygen atoms in total. The number of rotatable bonds is 7. The number of carbonyl (C=O) groups is 2. The van der Waals surface area contributed by atoms with E-state index in [2.05, 4.69) is 27.0 Å². The minimum atomic E-state index is -0.223. The third-order valence-electron chi connectivity index (χ3n) is 7.49. The highest BCUT2D eigenvalue weighted by Gasteiger charge is 2.43. The Morgan fingerprint density at radius 2 is 2.18 bits per heavy atom. The molecule has 0 radical (unpaired) electrons. The van der Waals surface area contributed by atoms with Crippen LogP contribution in [0.5, 0.6) is 5.75 Å². The van der Waals surface area contributed by atoms with Crippen molar-refractivity contribution in [3.63, 3.8) is 0 Å². The molecule has 4 atom stereocenters. The number of hydrogen-bond acceptors (Lipinski definition) is 7. The molecular weight excluding hydrogens is 452 g/mol. The first-order chi connectivity index (χ1) is 16.6. The van der Waals surface area contributed by atoms with Gasteiger partial charge in [-0.15, -0.1) is 10.2 Å². The molecule has 2 saturated carbocycles. The molecule has 6 rings (SSSR count). The van der Waals surface area contributed by atoms with Crippen molar-refractivity contribution >= 4 is 29.1 Å². The first-order valence-corrected chi connectivity index (χ1v) is 12.8. The number of hydrogen-bond donors (Lipinski definition) is 1. The van der Waals surface area contributed by atoms with Gasteiger partial charge >= 0.3 is 0 Å². The lowest BCUT2D eigenvalue weighted by Gasteiger charge is -2.30. The summed E-state index contributed by atoms with van der Waals surface area (Å²) < 4.78 is 13.2. The third kappa shape index (κ3) is 3.81. The van der Waals surface area contributed by atoms with Gasteiger partial charge in [0.05, 0.1) is 17.7 Å². The van der Waals surface area contributed by atoms with Crippen LogP contribution in [-0.2, 0) is 4.79 Å². The number of thioether (sulfide) groups is 1. The minimum absolute atomic E-state index is 0.00934. The smallest absolute Gasteiger partial charge is 0.262 e. The van der Waals surface area contributed by atoms with Gasteiger partial charge in [0.1, 0.15) is 5.75 Å². The van der Waals surface area contributed by atoms with Crippen LogP contribution in [0.1, 0.15) is 49.0 Å². The molecule has 2 aliphatic carbocycles. The number of amides is 1. The Labute approximate surface area is 201 Å². The normalized spacial score (nSPS) is 23.9. The number of fused-ring (bicyclic) bond motifs is 3. The van der Waals surface area contributed by atoms with Gasteiger partial charge in [0.2, 0.25) is 5.82 Å². The van der Waals surface area contributed by atoms with E-state index in [1.54, 1.807) is 24.5 Å². The zero-order chi connectivity index (χ0) is 23.2. The largest absolute Gasteiger partial charge is 0.482 e. The predicted octanol–water partition coefficient (Wildman–Crippen LogP) is 4.84. The van der Waals surface area contributed by atoms with Crippen molar-refractivity contribution in [1.29, 1.82) is 0 Å². The van der Waals surface area contributed by atoms with Gasteiger partial charge in [-0.3, -0.25) is 14.2 Å². The molecule has 1 amide bonds. The zero-order valence-corrected chi connectivity index (χ0v) is 19.7. The van der Waals surface area contributed by atoms with E-state index >= 15 is 0 Å². The van der Waals surface area contributed by atoms with Gasteiger partial charge < -0.3 is 14.5 Å². The number of furan rings is 1. The quantitative estimate of drug-likeness (QED) is 0.383. The van der Waals surface area contributed by atoms with Crippen molar-refractivity contribution in [1.82, 2.24) is 14.8 Å². The van der Waals surface area contributed by atoms with Gasteiger partial charge in [-0.2, -0.15) is 0 Å². The van der Waals surface area contributed by atoms with Crippen molar-refractivity contribution in [3.05, 3.63) is 42.2 Å². The number of carbonyl (C=O) groups excluding carboxylic acids is 2. The van der Waals surface area contributed by atoms with Crippen LogP contribution in [0.3, 0.4) is 0 Å². The Morgan fingerprint density at radius 3 is 2.94 bits per heavy atom. The summed E-state index contributed by atoms with van der Waals surface area (Å²) in [6.45, 7) is 2.24. The van der Waals surface area contributed by atoms with Crippen LogP contribution in [0.4, 0.5) is 5.69 Å². The van der Waals surface area contributed by atoms with Gasteiger partial charge in [-0.1, -0.05) is 18.2 Å². The minimum Gasteiger partial charge on any atom is -0.482 e. The molecule has 2 bridgehead atoms. The maximum absolute atomic E-state index is 13.0. The molecule has 2 fully saturated rings. The van der Waals surface area contributed by atoms with Crippen LogP contribution in [0, 0.1) is 17.8 Å². The summed E-state index contributed by atoms with van der Waals surface area (Å²) in [7, 11) is 0. The summed E-state index contributed by atoms with van der Waals surface area (Å²) in [5, 5.41) is 12.4. The highest BCUT2D eigenvalue weighted by Crippen LogP contribution is 2.53. The number of anilines is 1. The second-order valence-corrected chi connectivity index (χ2v) is 10.4. The van der Waals surface area contributed by atoms with Crippen molar-refractivity contribution in [3.8, 4) is 17.3 Å². The van der Waals surface area contributed by atoms with E-state index in [1.807, 2.05) is 12.1 Å². The number of benzene rings is 1. The van der Waals surface area contributed by atoms with Crippen LogP contribution < -0.4 is 10.1 Å². The molecule has 0 saturated heterocycles. The van der Waals surface area contributed by atoms with Gasteiger partial charge in [0.25, 0.3) is 5.91 Å². The fourth-order valence-electron chi connectivity index (χ4n) is 5.86. The molecule has 3 aliphatic rings. The van der Waals surface area contributed by atoms with Crippen LogP contribution in [-0.4, -0.2) is 38.8 Å². The van der Waals surface area contributed by atoms with Crippen molar-refractivity contribution in [2.24, 2.45) is 17.8 Å². The third-order valence-corrected chi connectivity index (χ3v) is 8.44. The zero-order valence-electron chi connectivity index (χ0n) is 18.9. The molecule has 34 heavy (non-hydrogen) atoms. The van der Waals surface area contributed by atoms with E-state index in [1.165, 1.54) is 37.4 Å². The number of nitrogens with zero attached hydrogens (tertiary/aromatic N) is 3. The van der Waals surface area contributed by atoms with E-state index in [4.69, 9.17) is 9.15 Å². The monoisotopic (exact) mass is 478 g/mol. The Morgan fingerprint density at radius 1 is 1.26 bits per heavy atom. The number of ether oxygens (including phenoxy) is 1. The Kier molecular flexibility index (Phi) is 5.44. The first-order valence-electron chi connectivity index (χ1n) is 11.8. The Balaban J connectivity index is 1.24. The van der Waals surface area contributed by atoms with E-state index in [9.17, 15) is 9.59 Å². The van der Waals surface area contributed by atoms with Gasteiger partial charge in [-0.05, 0) is 74.3 Å². The SMILES string of the molecule is C[C@H]([C@@H]1C[C@H]2CC[C@H]1C2)n1c(SCC(=O)c2ccc3c(c2)NC(=O)CO3)nnc1-c1ccco1. The summed E-state index contributed by atoms with van der Waals surface area (Å²) in [6, 6.07) is 9.10. The van der Waals surface area contributed by atoms with Crippen molar-refractivity contribution < 1.29 is 18.7 Å². The summed E-state index contributed by atoms with van der Waals surface area (Å²) in [4.78, 5) is 24.6. The molecule has 0 spiro atoms. The highest BCUT2D eigenvalue weighted by molar-refractivity contribution is 7.99. The number of ketones is 1. The average molecular weight is 479 g/mol. The number of Topliss-reactive ketones (excluding diaryl/α,β-unsaturated/α-hetero) is 1. The molecule has 9 heteroatoms. The topological polar surface area (TPSA) is 99.2 Å². The summed E-state index contributed by atoms with van der Waals surface area (Å²) in [5.74, 6) is 4.09. The van der Waals surface area contributed by atoms with E-state index in [-0.39, 0.29) is 30.1 Å². The average Bonchev–Trinajstić information content (AvgIpc) is 3.65. The number of nitrogens with one attached hydrogen (secondary N) is 1. The highest BCUT2D eigenvalue weighted by atomic mass is 32.2. The molecule has 2 aromatic heterocycles. The summed E-state index contributed by atoms with van der Waals surface area (Å²) in [5.41, 5.74) is 1.05. The molecule has 3 aromatic rings. The summed E-state index contributed by atoms with van der Waals surface area (Å²) >= 11 is 1.39. The molecule has 1 aliphatic heterocycles. The molecular formula is C25H26N4O4S. The molecule has 1 N–H and O–H groups in total. The number of aromatic nitrogens is 3.